The van der Waals surface area contributed by atoms with E-state index >= 15 is 0 Å². The quantitative estimate of drug-likeness (QED) is 0.791. The van der Waals surface area contributed by atoms with Crippen LogP contribution >= 0.6 is 0 Å². The van der Waals surface area contributed by atoms with Crippen LogP contribution in [0.25, 0.3) is 0 Å². The fourth-order valence-electron chi connectivity index (χ4n) is 3.28. The summed E-state index contributed by atoms with van der Waals surface area (Å²) >= 11 is 0. The molecular formula is C19H31FN2O2. The zero-order valence-corrected chi connectivity index (χ0v) is 15.2. The van der Waals surface area contributed by atoms with Gasteiger partial charge in [-0.15, -0.1) is 0 Å². The van der Waals surface area contributed by atoms with Crippen LogP contribution in [0.4, 0.5) is 4.39 Å². The van der Waals surface area contributed by atoms with Crippen molar-refractivity contribution in [3.63, 3.8) is 0 Å². The highest BCUT2D eigenvalue weighted by Crippen LogP contribution is 2.21. The molecule has 0 saturated carbocycles. The Kier molecular flexibility index (Phi) is 7.46. The van der Waals surface area contributed by atoms with E-state index in [1.165, 1.54) is 12.5 Å². The minimum atomic E-state index is -0.184. The van der Waals surface area contributed by atoms with Gasteiger partial charge in [-0.3, -0.25) is 9.80 Å². The second-order valence-corrected chi connectivity index (χ2v) is 7.08. The fourth-order valence-corrected chi connectivity index (χ4v) is 3.28. The second-order valence-electron chi connectivity index (χ2n) is 7.08. The molecule has 1 aromatic rings. The molecule has 0 unspecified atom stereocenters. The summed E-state index contributed by atoms with van der Waals surface area (Å²) in [4.78, 5) is 4.76. The van der Waals surface area contributed by atoms with E-state index in [1.54, 1.807) is 19.2 Å². The van der Waals surface area contributed by atoms with Gasteiger partial charge in [0, 0.05) is 44.4 Å². The molecule has 1 aliphatic rings. The Morgan fingerprint density at radius 1 is 1.33 bits per heavy atom. The third-order valence-corrected chi connectivity index (χ3v) is 4.79. The first-order valence-electron chi connectivity index (χ1n) is 8.93. The number of aliphatic hydroxyl groups excluding tert-OH is 1. The summed E-state index contributed by atoms with van der Waals surface area (Å²) in [7, 11) is 1.60. The summed E-state index contributed by atoms with van der Waals surface area (Å²) in [5.74, 6) is 1.19. The lowest BCUT2D eigenvalue weighted by Crippen LogP contribution is -2.53. The molecule has 1 N–H and O–H groups in total. The number of nitrogens with zero attached hydrogens (tertiary/aromatic N) is 2. The van der Waals surface area contributed by atoms with E-state index in [4.69, 9.17) is 4.74 Å². The van der Waals surface area contributed by atoms with Crippen LogP contribution in [0.3, 0.4) is 0 Å². The van der Waals surface area contributed by atoms with Gasteiger partial charge in [-0.25, -0.2) is 4.39 Å². The van der Waals surface area contributed by atoms with Crippen LogP contribution in [0.15, 0.2) is 18.2 Å². The van der Waals surface area contributed by atoms with E-state index in [0.29, 0.717) is 29.8 Å². The van der Waals surface area contributed by atoms with Crippen molar-refractivity contribution >= 4 is 0 Å². The summed E-state index contributed by atoms with van der Waals surface area (Å²) in [6, 6.07) is 5.24. The number of rotatable bonds is 8. The van der Waals surface area contributed by atoms with Crippen LogP contribution in [-0.2, 0) is 6.54 Å². The maximum atomic E-state index is 14.1. The van der Waals surface area contributed by atoms with Crippen LogP contribution in [0, 0.1) is 11.7 Å². The lowest BCUT2D eigenvalue weighted by molar-refractivity contribution is 0.0518. The maximum Gasteiger partial charge on any atom is 0.127 e. The number of benzene rings is 1. The molecule has 1 aliphatic heterocycles. The van der Waals surface area contributed by atoms with E-state index in [0.717, 1.165) is 32.6 Å². The average molecular weight is 338 g/mol. The maximum absolute atomic E-state index is 14.1. The lowest BCUT2D eigenvalue weighted by Gasteiger charge is -2.41. The number of hydrogen-bond acceptors (Lipinski definition) is 4. The molecule has 4 nitrogen and oxygen atoms in total. The van der Waals surface area contributed by atoms with E-state index in [2.05, 4.69) is 23.6 Å². The summed E-state index contributed by atoms with van der Waals surface area (Å²) in [5, 5.41) is 9.38. The standard InChI is InChI=1S/C19H31FN2O2/c1-15(2)6-8-22-10-9-21(14-17(22)7-11-23)13-16-12-18(24-3)4-5-19(16)20/h4-5,12,15,17,23H,6-11,13-14H2,1-3H3/t17-/m0/s1. The highest BCUT2D eigenvalue weighted by molar-refractivity contribution is 5.29. The first-order chi connectivity index (χ1) is 11.5. The molecule has 1 aromatic carbocycles. The molecule has 0 radical (unpaired) electrons. The van der Waals surface area contributed by atoms with Crippen molar-refractivity contribution < 1.29 is 14.2 Å². The summed E-state index contributed by atoms with van der Waals surface area (Å²) in [5.41, 5.74) is 0.674. The Morgan fingerprint density at radius 3 is 2.79 bits per heavy atom. The molecule has 136 valence electrons. The van der Waals surface area contributed by atoms with Crippen molar-refractivity contribution in [1.82, 2.24) is 9.80 Å². The van der Waals surface area contributed by atoms with Gasteiger partial charge in [-0.1, -0.05) is 13.8 Å². The minimum absolute atomic E-state index is 0.184. The Balaban J connectivity index is 1.98. The van der Waals surface area contributed by atoms with E-state index in [-0.39, 0.29) is 12.4 Å². The Hall–Kier alpha value is -1.17. The van der Waals surface area contributed by atoms with E-state index in [1.807, 2.05) is 0 Å². The first kappa shape index (κ1) is 19.2. The molecule has 1 fully saturated rings. The van der Waals surface area contributed by atoms with Crippen LogP contribution < -0.4 is 4.74 Å². The highest BCUT2D eigenvalue weighted by atomic mass is 19.1. The number of ether oxygens (including phenoxy) is 1. The highest BCUT2D eigenvalue weighted by Gasteiger charge is 2.26. The predicted molar refractivity (Wildman–Crippen MR) is 94.7 cm³/mol. The van der Waals surface area contributed by atoms with Gasteiger partial charge >= 0.3 is 0 Å². The Morgan fingerprint density at radius 2 is 2.12 bits per heavy atom. The van der Waals surface area contributed by atoms with Crippen molar-refractivity contribution in [3.8, 4) is 5.75 Å². The molecule has 0 amide bonds. The summed E-state index contributed by atoms with van der Waals surface area (Å²) < 4.78 is 19.3. The number of aliphatic hydroxyl groups is 1. The Bertz CT molecular complexity index is 510. The first-order valence-corrected chi connectivity index (χ1v) is 8.93. The molecule has 1 heterocycles. The fraction of sp³-hybridized carbons (Fsp3) is 0.684. The van der Waals surface area contributed by atoms with Gasteiger partial charge in [0.2, 0.25) is 0 Å². The van der Waals surface area contributed by atoms with Crippen molar-refractivity contribution in [2.45, 2.75) is 39.3 Å². The Labute approximate surface area is 145 Å². The van der Waals surface area contributed by atoms with Gasteiger partial charge in [0.05, 0.1) is 7.11 Å². The third kappa shape index (κ3) is 5.43. The second kappa shape index (κ2) is 9.35. The monoisotopic (exact) mass is 338 g/mol. The topological polar surface area (TPSA) is 35.9 Å². The van der Waals surface area contributed by atoms with Gasteiger partial charge in [-0.2, -0.15) is 0 Å². The molecule has 24 heavy (non-hydrogen) atoms. The smallest absolute Gasteiger partial charge is 0.127 e. The normalized spacial score (nSPS) is 19.8. The minimum Gasteiger partial charge on any atom is -0.497 e. The largest absolute Gasteiger partial charge is 0.497 e. The molecule has 0 bridgehead atoms. The van der Waals surface area contributed by atoms with Crippen LogP contribution in [-0.4, -0.2) is 60.8 Å². The number of hydrogen-bond donors (Lipinski definition) is 1. The summed E-state index contributed by atoms with van der Waals surface area (Å²) in [6.07, 6.45) is 1.95. The number of halogens is 1. The van der Waals surface area contributed by atoms with Crippen LogP contribution in [0.5, 0.6) is 5.75 Å². The van der Waals surface area contributed by atoms with Crippen LogP contribution in [0.1, 0.15) is 32.3 Å². The summed E-state index contributed by atoms with van der Waals surface area (Å²) in [6.45, 7) is 9.11. The van der Waals surface area contributed by atoms with Gasteiger partial charge in [0.25, 0.3) is 0 Å². The number of piperazine rings is 1. The van der Waals surface area contributed by atoms with Crippen LogP contribution in [0.2, 0.25) is 0 Å². The van der Waals surface area contributed by atoms with Gasteiger partial charge < -0.3 is 9.84 Å². The molecule has 1 atom stereocenters. The number of methoxy groups -OCH3 is 1. The molecule has 1 saturated heterocycles. The van der Waals surface area contributed by atoms with Gasteiger partial charge in [-0.05, 0) is 43.5 Å². The molecule has 2 rings (SSSR count). The SMILES string of the molecule is COc1ccc(F)c(CN2CCN(CCC(C)C)[C@@H](CCO)C2)c1. The van der Waals surface area contributed by atoms with E-state index in [9.17, 15) is 9.50 Å². The molecular weight excluding hydrogens is 307 g/mol. The lowest BCUT2D eigenvalue weighted by atomic mass is 10.0. The molecule has 5 heteroatoms. The van der Waals surface area contributed by atoms with Gasteiger partial charge in [0.15, 0.2) is 0 Å². The van der Waals surface area contributed by atoms with Crippen molar-refractivity contribution in [1.29, 1.82) is 0 Å². The molecule has 0 aliphatic carbocycles. The zero-order chi connectivity index (χ0) is 17.5. The average Bonchev–Trinajstić information content (AvgIpc) is 2.56. The van der Waals surface area contributed by atoms with Crippen molar-refractivity contribution in [3.05, 3.63) is 29.6 Å². The van der Waals surface area contributed by atoms with E-state index < -0.39 is 0 Å². The van der Waals surface area contributed by atoms with Crippen molar-refractivity contribution in [2.24, 2.45) is 5.92 Å². The molecule has 0 spiro atoms. The zero-order valence-electron chi connectivity index (χ0n) is 15.2. The predicted octanol–water partition coefficient (Wildman–Crippen LogP) is 2.75. The van der Waals surface area contributed by atoms with Crippen molar-refractivity contribution in [2.75, 3.05) is 39.9 Å². The van der Waals surface area contributed by atoms with Gasteiger partial charge in [0.1, 0.15) is 11.6 Å². The molecule has 0 aromatic heterocycles. The third-order valence-electron chi connectivity index (χ3n) is 4.79.